The minimum atomic E-state index is -0.756. The Morgan fingerprint density at radius 2 is 2.13 bits per heavy atom. The van der Waals surface area contributed by atoms with Gasteiger partial charge in [0, 0.05) is 18.7 Å². The summed E-state index contributed by atoms with van der Waals surface area (Å²) in [6, 6.07) is 0. The van der Waals surface area contributed by atoms with Crippen LogP contribution in [-0.2, 0) is 16.0 Å². The average molecular weight is 320 g/mol. The van der Waals surface area contributed by atoms with Crippen LogP contribution in [0.2, 0.25) is 0 Å². The Hall–Kier alpha value is -1.85. The van der Waals surface area contributed by atoms with E-state index < -0.39 is 11.4 Å². The molecule has 1 atom stereocenters. The number of piperidine rings is 1. The van der Waals surface area contributed by atoms with E-state index in [9.17, 15) is 14.7 Å². The highest BCUT2D eigenvalue weighted by molar-refractivity contribution is 5.81. The van der Waals surface area contributed by atoms with E-state index in [1.165, 1.54) is 0 Å². The maximum Gasteiger partial charge on any atom is 0.311 e. The van der Waals surface area contributed by atoms with Crippen LogP contribution in [0.5, 0.6) is 0 Å². The van der Waals surface area contributed by atoms with E-state index >= 15 is 0 Å². The molecule has 1 saturated heterocycles. The fourth-order valence-electron chi connectivity index (χ4n) is 3.66. The van der Waals surface area contributed by atoms with Gasteiger partial charge in [-0.3, -0.25) is 9.59 Å². The van der Waals surface area contributed by atoms with Crippen LogP contribution >= 0.6 is 0 Å². The molecule has 0 bridgehead atoms. The molecule has 1 aliphatic heterocycles. The molecular formula is C17H24N2O4. The molecule has 3 rings (SSSR count). The Morgan fingerprint density at radius 3 is 2.70 bits per heavy atom. The van der Waals surface area contributed by atoms with Crippen molar-refractivity contribution in [2.45, 2.75) is 52.4 Å². The Bertz CT molecular complexity index is 601. The number of aryl methyl sites for hydroxylation is 2. The minimum absolute atomic E-state index is 0.0273. The van der Waals surface area contributed by atoms with E-state index in [1.807, 2.05) is 6.92 Å². The van der Waals surface area contributed by atoms with Crippen LogP contribution in [0, 0.1) is 25.2 Å². The van der Waals surface area contributed by atoms with Gasteiger partial charge in [-0.25, -0.2) is 0 Å². The van der Waals surface area contributed by atoms with Crippen molar-refractivity contribution >= 4 is 11.9 Å². The number of nitrogens with zero attached hydrogens (tertiary/aromatic N) is 2. The van der Waals surface area contributed by atoms with Gasteiger partial charge in [0.15, 0.2) is 0 Å². The van der Waals surface area contributed by atoms with Gasteiger partial charge in [0.2, 0.25) is 5.91 Å². The highest BCUT2D eigenvalue weighted by Gasteiger charge is 2.46. The molecule has 1 aromatic rings. The lowest BCUT2D eigenvalue weighted by atomic mass is 9.75. The molecule has 0 radical (unpaired) electrons. The molecule has 0 spiro atoms. The second-order valence-electron chi connectivity index (χ2n) is 7.13. The summed E-state index contributed by atoms with van der Waals surface area (Å²) < 4.78 is 5.11. The standard InChI is InChI=1S/C17H24N2O4/c1-11-14(12(2)23-18-11)8-15(20)19-7-3-6-17(10-19,16(21)22)9-13-4-5-13/h13H,3-10H2,1-2H3,(H,21,22)/t17-/m0/s1. The summed E-state index contributed by atoms with van der Waals surface area (Å²) in [5.41, 5.74) is 0.799. The Kier molecular flexibility index (Phi) is 4.17. The Morgan fingerprint density at radius 1 is 1.39 bits per heavy atom. The molecule has 0 aromatic carbocycles. The second-order valence-corrected chi connectivity index (χ2v) is 7.13. The quantitative estimate of drug-likeness (QED) is 0.900. The van der Waals surface area contributed by atoms with Crippen LogP contribution < -0.4 is 0 Å². The molecule has 1 saturated carbocycles. The normalized spacial score (nSPS) is 24.7. The van der Waals surface area contributed by atoms with Gasteiger partial charge in [-0.15, -0.1) is 0 Å². The molecule has 2 aliphatic rings. The molecule has 2 fully saturated rings. The summed E-state index contributed by atoms with van der Waals surface area (Å²) in [7, 11) is 0. The lowest BCUT2D eigenvalue weighted by molar-refractivity contribution is -0.155. The Balaban J connectivity index is 1.71. The number of carboxylic acid groups (broad SMARTS) is 1. The molecule has 0 unspecified atom stereocenters. The largest absolute Gasteiger partial charge is 0.481 e. The third-order valence-corrected chi connectivity index (χ3v) is 5.27. The third-order valence-electron chi connectivity index (χ3n) is 5.27. The van der Waals surface area contributed by atoms with Crippen molar-refractivity contribution in [1.82, 2.24) is 10.1 Å². The number of aromatic nitrogens is 1. The van der Waals surface area contributed by atoms with Gasteiger partial charge in [-0.05, 0) is 39.0 Å². The zero-order valence-electron chi connectivity index (χ0n) is 13.8. The van der Waals surface area contributed by atoms with E-state index in [4.69, 9.17) is 4.52 Å². The Labute approximate surface area is 135 Å². The van der Waals surface area contributed by atoms with Gasteiger partial charge >= 0.3 is 5.97 Å². The van der Waals surface area contributed by atoms with E-state index in [0.29, 0.717) is 37.6 Å². The summed E-state index contributed by atoms with van der Waals surface area (Å²) in [5.74, 6) is 0.416. The smallest absolute Gasteiger partial charge is 0.311 e. The number of hydrogen-bond donors (Lipinski definition) is 1. The van der Waals surface area contributed by atoms with Crippen LogP contribution in [-0.4, -0.2) is 40.1 Å². The van der Waals surface area contributed by atoms with Crippen molar-refractivity contribution in [2.24, 2.45) is 11.3 Å². The van der Waals surface area contributed by atoms with Gasteiger partial charge in [0.05, 0.1) is 17.5 Å². The van der Waals surface area contributed by atoms with Gasteiger partial charge in [0.1, 0.15) is 5.76 Å². The number of hydrogen-bond acceptors (Lipinski definition) is 4. The van der Waals surface area contributed by atoms with Crippen LogP contribution in [0.3, 0.4) is 0 Å². The molecule has 1 aromatic heterocycles. The van der Waals surface area contributed by atoms with Gasteiger partial charge in [-0.2, -0.15) is 0 Å². The first-order chi connectivity index (χ1) is 10.9. The minimum Gasteiger partial charge on any atom is -0.481 e. The zero-order chi connectivity index (χ0) is 16.6. The van der Waals surface area contributed by atoms with Crippen molar-refractivity contribution in [1.29, 1.82) is 0 Å². The topological polar surface area (TPSA) is 83.6 Å². The van der Waals surface area contributed by atoms with Crippen LogP contribution in [0.15, 0.2) is 4.52 Å². The number of amides is 1. The molecule has 6 heteroatoms. The van der Waals surface area contributed by atoms with Gasteiger partial charge < -0.3 is 14.5 Å². The second kappa shape index (κ2) is 5.98. The first-order valence-electron chi connectivity index (χ1n) is 8.34. The molecule has 1 N–H and O–H groups in total. The average Bonchev–Trinajstić information content (AvgIpc) is 3.27. The van der Waals surface area contributed by atoms with E-state index in [1.54, 1.807) is 11.8 Å². The first-order valence-corrected chi connectivity index (χ1v) is 8.34. The molecule has 6 nitrogen and oxygen atoms in total. The number of likely N-dealkylation sites (tertiary alicyclic amines) is 1. The monoisotopic (exact) mass is 320 g/mol. The predicted octanol–water partition coefficient (Wildman–Crippen LogP) is 2.33. The summed E-state index contributed by atoms with van der Waals surface area (Å²) >= 11 is 0. The molecule has 1 amide bonds. The van der Waals surface area contributed by atoms with Gasteiger partial charge in [-0.1, -0.05) is 18.0 Å². The molecular weight excluding hydrogens is 296 g/mol. The molecule has 1 aliphatic carbocycles. The summed E-state index contributed by atoms with van der Waals surface area (Å²) in [6.07, 6.45) is 4.63. The van der Waals surface area contributed by atoms with Crippen LogP contribution in [0.1, 0.15) is 49.1 Å². The maximum absolute atomic E-state index is 12.6. The lowest BCUT2D eigenvalue weighted by Crippen LogP contribution is -2.50. The van der Waals surface area contributed by atoms with E-state index in [2.05, 4.69) is 5.16 Å². The lowest BCUT2D eigenvalue weighted by Gasteiger charge is -2.40. The fourth-order valence-corrected chi connectivity index (χ4v) is 3.66. The maximum atomic E-state index is 12.6. The third kappa shape index (κ3) is 3.26. The van der Waals surface area contributed by atoms with Crippen molar-refractivity contribution in [3.8, 4) is 0 Å². The van der Waals surface area contributed by atoms with E-state index in [-0.39, 0.29) is 12.3 Å². The van der Waals surface area contributed by atoms with E-state index in [0.717, 1.165) is 30.5 Å². The number of carbonyl (C=O) groups is 2. The predicted molar refractivity (Wildman–Crippen MR) is 82.9 cm³/mol. The van der Waals surface area contributed by atoms with Crippen molar-refractivity contribution in [3.05, 3.63) is 17.0 Å². The van der Waals surface area contributed by atoms with Crippen LogP contribution in [0.4, 0.5) is 0 Å². The number of carboxylic acids is 1. The molecule has 2 heterocycles. The summed E-state index contributed by atoms with van der Waals surface area (Å²) in [5, 5.41) is 13.6. The number of aliphatic carboxylic acids is 1. The summed E-state index contributed by atoms with van der Waals surface area (Å²) in [4.78, 5) is 26.2. The highest BCUT2D eigenvalue weighted by atomic mass is 16.5. The van der Waals surface area contributed by atoms with Gasteiger partial charge in [0.25, 0.3) is 0 Å². The number of rotatable bonds is 5. The van der Waals surface area contributed by atoms with Crippen LogP contribution in [0.25, 0.3) is 0 Å². The highest BCUT2D eigenvalue weighted by Crippen LogP contribution is 2.45. The van der Waals surface area contributed by atoms with Crippen molar-refractivity contribution < 1.29 is 19.2 Å². The first kappa shape index (κ1) is 16.0. The van der Waals surface area contributed by atoms with Crippen molar-refractivity contribution in [3.63, 3.8) is 0 Å². The molecule has 126 valence electrons. The van der Waals surface area contributed by atoms with Crippen molar-refractivity contribution in [2.75, 3.05) is 13.1 Å². The number of carbonyl (C=O) groups excluding carboxylic acids is 1. The summed E-state index contributed by atoms with van der Waals surface area (Å²) in [6.45, 7) is 4.60. The SMILES string of the molecule is Cc1noc(C)c1CC(=O)N1CCC[C@@](CC2CC2)(C(=O)O)C1. The molecule has 23 heavy (non-hydrogen) atoms. The zero-order valence-corrected chi connectivity index (χ0v) is 13.8. The fraction of sp³-hybridized carbons (Fsp3) is 0.706.